The number of aromatic nitrogens is 1. The highest BCUT2D eigenvalue weighted by molar-refractivity contribution is 5.80. The summed E-state index contributed by atoms with van der Waals surface area (Å²) in [7, 11) is 1.81. The highest BCUT2D eigenvalue weighted by atomic mass is 15.2. The van der Waals surface area contributed by atoms with Gasteiger partial charge in [0.25, 0.3) is 0 Å². The number of rotatable bonds is 6. The minimum absolute atomic E-state index is 0.620. The second-order valence-corrected chi connectivity index (χ2v) is 5.70. The maximum Gasteiger partial charge on any atom is 0.190 e. The Kier molecular flexibility index (Phi) is 5.67. The summed E-state index contributed by atoms with van der Waals surface area (Å²) < 4.78 is 2.31. The van der Waals surface area contributed by atoms with E-state index in [0.717, 1.165) is 32.0 Å². The average molecular weight is 286 g/mol. The number of benzene rings is 1. The van der Waals surface area contributed by atoms with Crippen molar-refractivity contribution in [3.8, 4) is 0 Å². The van der Waals surface area contributed by atoms with Crippen LogP contribution in [-0.2, 0) is 6.54 Å². The second-order valence-electron chi connectivity index (χ2n) is 5.70. The van der Waals surface area contributed by atoms with Gasteiger partial charge in [0.05, 0.1) is 0 Å². The average Bonchev–Trinajstić information content (AvgIpc) is 2.90. The van der Waals surface area contributed by atoms with E-state index in [4.69, 9.17) is 0 Å². The van der Waals surface area contributed by atoms with Crippen molar-refractivity contribution in [3.63, 3.8) is 0 Å². The molecule has 2 rings (SSSR count). The summed E-state index contributed by atoms with van der Waals surface area (Å²) in [6.45, 7) is 7.27. The Morgan fingerprint density at radius 3 is 2.76 bits per heavy atom. The molecule has 1 heterocycles. The zero-order valence-electron chi connectivity index (χ0n) is 13.3. The second kappa shape index (κ2) is 7.72. The van der Waals surface area contributed by atoms with E-state index >= 15 is 0 Å². The van der Waals surface area contributed by atoms with E-state index in [2.05, 4.69) is 70.6 Å². The summed E-state index contributed by atoms with van der Waals surface area (Å²) in [5.74, 6) is 1.51. The summed E-state index contributed by atoms with van der Waals surface area (Å²) in [5.41, 5.74) is 1.31. The van der Waals surface area contributed by atoms with E-state index < -0.39 is 0 Å². The molecule has 0 aliphatic heterocycles. The molecule has 0 fully saturated rings. The van der Waals surface area contributed by atoms with Gasteiger partial charge in [0.2, 0.25) is 0 Å². The third-order valence-corrected chi connectivity index (χ3v) is 3.45. The fraction of sp³-hybridized carbons (Fsp3) is 0.471. The van der Waals surface area contributed by atoms with Crippen LogP contribution in [0.4, 0.5) is 0 Å². The number of hydrogen-bond donors (Lipinski definition) is 2. The molecule has 0 amide bonds. The highest BCUT2D eigenvalue weighted by Gasteiger charge is 2.01. The maximum atomic E-state index is 4.23. The van der Waals surface area contributed by atoms with E-state index in [1.165, 1.54) is 10.9 Å². The topological polar surface area (TPSA) is 41.4 Å². The van der Waals surface area contributed by atoms with Crippen LogP contribution in [0.1, 0.15) is 20.3 Å². The molecule has 0 atom stereocenters. The van der Waals surface area contributed by atoms with Crippen LogP contribution in [0.15, 0.2) is 41.5 Å². The lowest BCUT2D eigenvalue weighted by Crippen LogP contribution is -2.39. The smallest absolute Gasteiger partial charge is 0.190 e. The fourth-order valence-electron chi connectivity index (χ4n) is 2.31. The molecule has 21 heavy (non-hydrogen) atoms. The van der Waals surface area contributed by atoms with Gasteiger partial charge in [-0.15, -0.1) is 0 Å². The number of guanidine groups is 1. The quantitative estimate of drug-likeness (QED) is 0.487. The molecular formula is C17H26N4. The largest absolute Gasteiger partial charge is 0.356 e. The summed E-state index contributed by atoms with van der Waals surface area (Å²) in [4.78, 5) is 4.23. The van der Waals surface area contributed by atoms with Crippen molar-refractivity contribution in [3.05, 3.63) is 36.5 Å². The van der Waals surface area contributed by atoms with Crippen molar-refractivity contribution in [2.24, 2.45) is 10.9 Å². The molecule has 4 heteroatoms. The van der Waals surface area contributed by atoms with Crippen LogP contribution in [-0.4, -0.2) is 30.7 Å². The normalized spacial score (nSPS) is 12.1. The standard InChI is InChI=1S/C17H26N4/c1-14(2)13-20-17(18-3)19-10-6-11-21-12-9-15-7-4-5-8-16(15)21/h4-5,7-9,12,14H,6,10-11,13H2,1-3H3,(H2,18,19,20). The number of aryl methyl sites for hydroxylation is 1. The van der Waals surface area contributed by atoms with Crippen molar-refractivity contribution in [2.45, 2.75) is 26.8 Å². The first-order valence-electron chi connectivity index (χ1n) is 7.69. The molecule has 0 bridgehead atoms. The zero-order valence-corrected chi connectivity index (χ0v) is 13.3. The van der Waals surface area contributed by atoms with Crippen LogP contribution in [0.25, 0.3) is 10.9 Å². The van der Waals surface area contributed by atoms with E-state index in [9.17, 15) is 0 Å². The van der Waals surface area contributed by atoms with Crippen molar-refractivity contribution in [2.75, 3.05) is 20.1 Å². The minimum Gasteiger partial charge on any atom is -0.356 e. The lowest BCUT2D eigenvalue weighted by atomic mass is 10.2. The Hall–Kier alpha value is -1.97. The van der Waals surface area contributed by atoms with Crippen LogP contribution >= 0.6 is 0 Å². The van der Waals surface area contributed by atoms with Gasteiger partial charge in [-0.1, -0.05) is 32.0 Å². The van der Waals surface area contributed by atoms with Gasteiger partial charge in [-0.05, 0) is 29.9 Å². The van der Waals surface area contributed by atoms with Crippen molar-refractivity contribution in [1.82, 2.24) is 15.2 Å². The summed E-state index contributed by atoms with van der Waals surface area (Å²) in [6.07, 6.45) is 3.23. The Labute approximate surface area is 127 Å². The van der Waals surface area contributed by atoms with Gasteiger partial charge >= 0.3 is 0 Å². The molecular weight excluding hydrogens is 260 g/mol. The molecule has 0 saturated heterocycles. The summed E-state index contributed by atoms with van der Waals surface area (Å²) >= 11 is 0. The minimum atomic E-state index is 0.620. The Bertz CT molecular complexity index is 583. The molecule has 114 valence electrons. The highest BCUT2D eigenvalue weighted by Crippen LogP contribution is 2.15. The molecule has 0 radical (unpaired) electrons. The van der Waals surface area contributed by atoms with Gasteiger partial charge in [0.1, 0.15) is 0 Å². The zero-order chi connectivity index (χ0) is 15.1. The van der Waals surface area contributed by atoms with Gasteiger partial charge in [-0.25, -0.2) is 0 Å². The summed E-state index contributed by atoms with van der Waals surface area (Å²) in [5, 5.41) is 7.99. The predicted octanol–water partition coefficient (Wildman–Crippen LogP) is 2.85. The molecule has 0 unspecified atom stereocenters. The van der Waals surface area contributed by atoms with Crippen LogP contribution in [0.2, 0.25) is 0 Å². The first-order chi connectivity index (χ1) is 10.2. The molecule has 4 nitrogen and oxygen atoms in total. The molecule has 0 aliphatic rings. The first kappa shape index (κ1) is 15.4. The van der Waals surface area contributed by atoms with Crippen molar-refractivity contribution in [1.29, 1.82) is 0 Å². The monoisotopic (exact) mass is 286 g/mol. The van der Waals surface area contributed by atoms with Gasteiger partial charge < -0.3 is 15.2 Å². The lowest BCUT2D eigenvalue weighted by molar-refractivity contribution is 0.604. The SMILES string of the molecule is CN=C(NCCCn1ccc2ccccc21)NCC(C)C. The van der Waals surface area contributed by atoms with Gasteiger partial charge in [0.15, 0.2) is 5.96 Å². The number of para-hydroxylation sites is 1. The third-order valence-electron chi connectivity index (χ3n) is 3.45. The lowest BCUT2D eigenvalue weighted by Gasteiger charge is -2.13. The Morgan fingerprint density at radius 2 is 2.00 bits per heavy atom. The van der Waals surface area contributed by atoms with Gasteiger partial charge in [-0.3, -0.25) is 4.99 Å². The van der Waals surface area contributed by atoms with Crippen LogP contribution < -0.4 is 10.6 Å². The molecule has 0 saturated carbocycles. The number of fused-ring (bicyclic) bond motifs is 1. The predicted molar refractivity (Wildman–Crippen MR) is 90.8 cm³/mol. The van der Waals surface area contributed by atoms with Crippen molar-refractivity contribution >= 4 is 16.9 Å². The number of nitrogens with one attached hydrogen (secondary N) is 2. The molecule has 0 spiro atoms. The maximum absolute atomic E-state index is 4.23. The molecule has 2 aromatic rings. The van der Waals surface area contributed by atoms with E-state index in [-0.39, 0.29) is 0 Å². The summed E-state index contributed by atoms with van der Waals surface area (Å²) in [6, 6.07) is 10.7. The number of nitrogens with zero attached hydrogens (tertiary/aromatic N) is 2. The molecule has 1 aromatic carbocycles. The Morgan fingerprint density at radius 1 is 1.19 bits per heavy atom. The molecule has 2 N–H and O–H groups in total. The molecule has 0 aliphatic carbocycles. The Balaban J connectivity index is 1.76. The third kappa shape index (κ3) is 4.52. The van der Waals surface area contributed by atoms with E-state index in [1.54, 1.807) is 0 Å². The van der Waals surface area contributed by atoms with Gasteiger partial charge in [-0.2, -0.15) is 0 Å². The van der Waals surface area contributed by atoms with E-state index in [0.29, 0.717) is 5.92 Å². The van der Waals surface area contributed by atoms with Crippen LogP contribution in [0.5, 0.6) is 0 Å². The first-order valence-corrected chi connectivity index (χ1v) is 7.69. The van der Waals surface area contributed by atoms with Gasteiger partial charge in [0, 0.05) is 38.4 Å². The number of hydrogen-bond acceptors (Lipinski definition) is 1. The van der Waals surface area contributed by atoms with Crippen molar-refractivity contribution < 1.29 is 0 Å². The number of aliphatic imine (C=N–C) groups is 1. The fourth-order valence-corrected chi connectivity index (χ4v) is 2.31. The molecule has 1 aromatic heterocycles. The van der Waals surface area contributed by atoms with Crippen LogP contribution in [0.3, 0.4) is 0 Å². The van der Waals surface area contributed by atoms with Crippen LogP contribution in [0, 0.1) is 5.92 Å². The van der Waals surface area contributed by atoms with E-state index in [1.807, 2.05) is 7.05 Å².